The number of rotatable bonds is 3. The Morgan fingerprint density at radius 1 is 1.75 bits per heavy atom. The average Bonchev–Trinajstić information content (AvgIpc) is 2.77. The highest BCUT2D eigenvalue weighted by atomic mass is 16.4. The fraction of sp³-hybridized carbons (Fsp3) is 0.364. The van der Waals surface area contributed by atoms with Gasteiger partial charge in [-0.3, -0.25) is 4.79 Å². The lowest BCUT2D eigenvalue weighted by atomic mass is 9.94. The Bertz CT molecular complexity index is 551. The molecule has 1 aromatic rings. The van der Waals surface area contributed by atoms with Crippen molar-refractivity contribution >= 4 is 11.7 Å². The first-order valence-electron chi connectivity index (χ1n) is 6.39. The highest BCUT2D eigenvalue weighted by molar-refractivity contribution is 5.73. The number of hydrogen-bond acceptors (Lipinski definition) is 4. The van der Waals surface area contributed by atoms with Crippen LogP contribution in [0.5, 0.6) is 5.75 Å². The number of nitrogens with two attached hydrogens (primary N) is 1. The fourth-order valence-electron chi connectivity index (χ4n) is 1.79. The first kappa shape index (κ1) is 7.51. The molecule has 0 saturated carbocycles. The van der Waals surface area contributed by atoms with E-state index in [4.69, 9.17) is 15.0 Å². The van der Waals surface area contributed by atoms with Crippen molar-refractivity contribution in [2.45, 2.75) is 18.4 Å². The number of carboxylic acid groups (broad SMARTS) is 1. The Balaban J connectivity index is 2.42. The third kappa shape index (κ3) is 1.94. The zero-order valence-electron chi connectivity index (χ0n) is 11.4. The first-order valence-corrected chi connectivity index (χ1v) is 4.89. The molecule has 0 spiro atoms. The Kier molecular flexibility index (Phi) is 1.89. The van der Waals surface area contributed by atoms with Gasteiger partial charge in [-0.25, -0.2) is 0 Å². The number of anilines is 1. The molecule has 16 heavy (non-hydrogen) atoms. The Labute approximate surface area is 97.1 Å². The second-order valence-electron chi connectivity index (χ2n) is 3.77. The van der Waals surface area contributed by atoms with E-state index in [-0.39, 0.29) is 24.4 Å². The largest absolute Gasteiger partial charge is 0.508 e. The van der Waals surface area contributed by atoms with Crippen LogP contribution < -0.4 is 11.1 Å². The number of benzene rings is 1. The molecule has 0 fully saturated rings. The quantitative estimate of drug-likeness (QED) is 0.568. The Morgan fingerprint density at radius 3 is 3.19 bits per heavy atom. The van der Waals surface area contributed by atoms with E-state index < -0.39 is 23.8 Å². The molecule has 0 radical (unpaired) electrons. The van der Waals surface area contributed by atoms with Gasteiger partial charge in [-0.15, -0.1) is 0 Å². The number of aliphatic carboxylic acids is 1. The van der Waals surface area contributed by atoms with Gasteiger partial charge in [-0.1, -0.05) is 0 Å². The van der Waals surface area contributed by atoms with Crippen molar-refractivity contribution in [1.29, 1.82) is 0 Å². The van der Waals surface area contributed by atoms with Crippen LogP contribution in [0.15, 0.2) is 18.1 Å². The highest BCUT2D eigenvalue weighted by Gasteiger charge is 2.26. The van der Waals surface area contributed by atoms with Crippen LogP contribution in [0, 0.1) is 0 Å². The van der Waals surface area contributed by atoms with E-state index in [1.807, 2.05) is 0 Å². The molecule has 1 unspecified atom stereocenters. The number of carbonyl (C=O) groups is 1. The zero-order valence-corrected chi connectivity index (χ0v) is 8.45. The monoisotopic (exact) mass is 225 g/mol. The number of hydrogen-bond donors (Lipinski definition) is 4. The highest BCUT2D eigenvalue weighted by Crippen LogP contribution is 2.36. The summed E-state index contributed by atoms with van der Waals surface area (Å²) in [6.07, 6.45) is 0.109. The number of aromatic hydroxyl groups is 1. The minimum atomic E-state index is -1.13. The van der Waals surface area contributed by atoms with Crippen LogP contribution in [-0.4, -0.2) is 28.8 Å². The van der Waals surface area contributed by atoms with Crippen LogP contribution in [0.4, 0.5) is 5.69 Å². The average molecular weight is 225 g/mol. The fourth-order valence-corrected chi connectivity index (χ4v) is 1.79. The summed E-state index contributed by atoms with van der Waals surface area (Å²) >= 11 is 0. The zero-order chi connectivity index (χ0) is 14.3. The number of phenolic OH excluding ortho intramolecular Hbond substituents is 1. The molecule has 0 aromatic heterocycles. The van der Waals surface area contributed by atoms with Gasteiger partial charge in [0, 0.05) is 18.2 Å². The molecule has 86 valence electrons. The van der Waals surface area contributed by atoms with Crippen LogP contribution in [-0.2, 0) is 4.79 Å². The van der Waals surface area contributed by atoms with Gasteiger partial charge in [0.15, 0.2) is 0 Å². The summed E-state index contributed by atoms with van der Waals surface area (Å²) in [5.41, 5.74) is 6.16. The number of fused-ring (bicyclic) bond motifs is 1. The third-order valence-electron chi connectivity index (χ3n) is 2.62. The molecule has 1 aromatic carbocycles. The summed E-state index contributed by atoms with van der Waals surface area (Å²) in [6.45, 7) is 0.344. The SMILES string of the molecule is [2H]c1c([2H])c2c(c([2H])c1O)C(C[C@H](N)C(=O)O)CN2. The molecule has 1 aliphatic heterocycles. The third-order valence-corrected chi connectivity index (χ3v) is 2.62. The lowest BCUT2D eigenvalue weighted by molar-refractivity contribution is -0.138. The van der Waals surface area contributed by atoms with Crippen LogP contribution in [0.25, 0.3) is 0 Å². The minimum Gasteiger partial charge on any atom is -0.508 e. The maximum Gasteiger partial charge on any atom is 0.320 e. The first-order chi connectivity index (χ1) is 8.84. The summed E-state index contributed by atoms with van der Waals surface area (Å²) in [4.78, 5) is 10.8. The van der Waals surface area contributed by atoms with Gasteiger partial charge >= 0.3 is 5.97 Å². The van der Waals surface area contributed by atoms with Crippen molar-refractivity contribution in [2.75, 3.05) is 11.9 Å². The van der Waals surface area contributed by atoms with Crippen LogP contribution in [0.1, 0.15) is 22.0 Å². The summed E-state index contributed by atoms with van der Waals surface area (Å²) in [5.74, 6) is -2.04. The van der Waals surface area contributed by atoms with E-state index in [1.54, 1.807) is 0 Å². The normalized spacial score (nSPS) is 22.6. The van der Waals surface area contributed by atoms with Crippen LogP contribution >= 0.6 is 0 Å². The molecule has 5 heteroatoms. The van der Waals surface area contributed by atoms with Gasteiger partial charge in [0.2, 0.25) is 0 Å². The second-order valence-corrected chi connectivity index (χ2v) is 3.77. The molecular formula is C11H14N2O3. The molecule has 1 aliphatic rings. The van der Waals surface area contributed by atoms with E-state index in [0.29, 0.717) is 17.8 Å². The summed E-state index contributed by atoms with van der Waals surface area (Å²) in [6, 6.07) is -1.89. The molecule has 0 bridgehead atoms. The molecule has 0 saturated heterocycles. The van der Waals surface area contributed by atoms with Crippen molar-refractivity contribution < 1.29 is 19.1 Å². The maximum absolute atomic E-state index is 10.8. The van der Waals surface area contributed by atoms with Crippen molar-refractivity contribution in [1.82, 2.24) is 0 Å². The molecular weight excluding hydrogens is 208 g/mol. The predicted octanol–water partition coefficient (Wildman–Crippen LogP) is 0.703. The van der Waals surface area contributed by atoms with Gasteiger partial charge in [0.25, 0.3) is 0 Å². The molecule has 0 amide bonds. The van der Waals surface area contributed by atoms with Crippen molar-refractivity contribution in [2.24, 2.45) is 5.73 Å². The van der Waals surface area contributed by atoms with Crippen molar-refractivity contribution in [3.05, 3.63) is 23.7 Å². The lowest BCUT2D eigenvalue weighted by Gasteiger charge is -2.13. The van der Waals surface area contributed by atoms with Crippen LogP contribution in [0.2, 0.25) is 0 Å². The minimum absolute atomic E-state index is 0.109. The molecule has 0 aliphatic carbocycles. The lowest BCUT2D eigenvalue weighted by Crippen LogP contribution is -2.32. The molecule has 1 heterocycles. The number of nitrogens with one attached hydrogen (secondary N) is 1. The van der Waals surface area contributed by atoms with Gasteiger partial charge in [-0.2, -0.15) is 0 Å². The summed E-state index contributed by atoms with van der Waals surface area (Å²) in [5, 5.41) is 21.3. The van der Waals surface area contributed by atoms with E-state index in [2.05, 4.69) is 5.32 Å². The van der Waals surface area contributed by atoms with E-state index in [0.717, 1.165) is 0 Å². The second kappa shape index (κ2) is 4.02. The van der Waals surface area contributed by atoms with Crippen LogP contribution in [0.3, 0.4) is 0 Å². The Morgan fingerprint density at radius 2 is 2.50 bits per heavy atom. The van der Waals surface area contributed by atoms with Crippen molar-refractivity contribution in [3.8, 4) is 5.75 Å². The molecule has 2 rings (SSSR count). The van der Waals surface area contributed by atoms with Gasteiger partial charge < -0.3 is 21.3 Å². The van der Waals surface area contributed by atoms with E-state index >= 15 is 0 Å². The smallest absolute Gasteiger partial charge is 0.320 e. The van der Waals surface area contributed by atoms with Crippen molar-refractivity contribution in [3.63, 3.8) is 0 Å². The Hall–Kier alpha value is -1.75. The van der Waals surface area contributed by atoms with E-state index in [9.17, 15) is 9.90 Å². The van der Waals surface area contributed by atoms with E-state index in [1.165, 1.54) is 0 Å². The summed E-state index contributed by atoms with van der Waals surface area (Å²) < 4.78 is 23.1. The number of phenols is 1. The molecule has 5 nitrogen and oxygen atoms in total. The summed E-state index contributed by atoms with van der Waals surface area (Å²) in [7, 11) is 0. The van der Waals surface area contributed by atoms with Gasteiger partial charge in [0.05, 0.1) is 4.11 Å². The predicted molar refractivity (Wildman–Crippen MR) is 59.6 cm³/mol. The molecule has 5 N–H and O–H groups in total. The topological polar surface area (TPSA) is 95.6 Å². The van der Waals surface area contributed by atoms with Gasteiger partial charge in [0.1, 0.15) is 11.8 Å². The number of carboxylic acids is 1. The molecule has 2 atom stereocenters. The standard InChI is InChI=1S/C11H14N2O3/c12-9(11(15)16)3-6-5-13-10-2-1-7(14)4-8(6)10/h1-2,4,6,9,13-14H,3,5,12H2,(H,15,16)/t6?,9-/m0/s1/i1D,2D,4D. The maximum atomic E-state index is 10.8. The van der Waals surface area contributed by atoms with Gasteiger partial charge in [-0.05, 0) is 30.1 Å².